The molecule has 1 aliphatic rings. The minimum absolute atomic E-state index is 0.142. The third kappa shape index (κ3) is 5.66. The summed E-state index contributed by atoms with van der Waals surface area (Å²) in [6.45, 7) is 0.145. The molecule has 0 saturated heterocycles. The first-order valence-corrected chi connectivity index (χ1v) is 13.7. The van der Waals surface area contributed by atoms with E-state index in [4.69, 9.17) is 10.5 Å². The summed E-state index contributed by atoms with van der Waals surface area (Å²) in [5.74, 6) is -0.107. The molecule has 0 fully saturated rings. The fraction of sp³-hybridized carbons (Fsp3) is 0.233. The van der Waals surface area contributed by atoms with E-state index in [-0.39, 0.29) is 12.3 Å². The molecule has 1 heterocycles. The van der Waals surface area contributed by atoms with Crippen molar-refractivity contribution in [3.8, 4) is 5.75 Å². The van der Waals surface area contributed by atoms with Gasteiger partial charge in [0.15, 0.2) is 5.78 Å². The highest BCUT2D eigenvalue weighted by molar-refractivity contribution is 7.97. The fourth-order valence-electron chi connectivity index (χ4n) is 4.76. The van der Waals surface area contributed by atoms with Gasteiger partial charge in [-0.3, -0.25) is 9.59 Å². The van der Waals surface area contributed by atoms with Gasteiger partial charge in [0.1, 0.15) is 5.75 Å². The molecule has 0 saturated carbocycles. The van der Waals surface area contributed by atoms with E-state index in [0.29, 0.717) is 34.8 Å². The Balaban J connectivity index is 1.45. The second kappa shape index (κ2) is 11.2. The monoisotopic (exact) mass is 527 g/mol. The summed E-state index contributed by atoms with van der Waals surface area (Å²) in [4.78, 5) is 28.2. The summed E-state index contributed by atoms with van der Waals surface area (Å²) in [6, 6.07) is 20.2. The number of benzene rings is 3. The van der Waals surface area contributed by atoms with Crippen LogP contribution in [-0.2, 0) is 30.3 Å². The second-order valence-electron chi connectivity index (χ2n) is 9.39. The molecule has 3 aromatic carbocycles. The number of amides is 1. The molecule has 0 aliphatic heterocycles. The summed E-state index contributed by atoms with van der Waals surface area (Å²) in [6.07, 6.45) is 7.20. The first-order chi connectivity index (χ1) is 18.4. The Morgan fingerprint density at radius 2 is 1.84 bits per heavy atom. The zero-order valence-corrected chi connectivity index (χ0v) is 21.7. The van der Waals surface area contributed by atoms with Crippen molar-refractivity contribution in [2.24, 2.45) is 5.73 Å². The van der Waals surface area contributed by atoms with E-state index in [1.807, 2.05) is 48.5 Å². The first-order valence-electron chi connectivity index (χ1n) is 12.5. The molecule has 5 rings (SSSR count). The lowest BCUT2D eigenvalue weighted by Gasteiger charge is -2.32. The number of rotatable bonds is 10. The number of Topliss-reactive ketones (excluding diaryl/α,β-unsaturated/α-hetero) is 1. The van der Waals surface area contributed by atoms with Gasteiger partial charge >= 0.3 is 0 Å². The molecular weight excluding hydrogens is 498 g/mol. The summed E-state index contributed by atoms with van der Waals surface area (Å²) in [7, 11) is 0. The topological polar surface area (TPSA) is 107 Å². The molecule has 194 valence electrons. The van der Waals surface area contributed by atoms with Crippen LogP contribution in [0.25, 0.3) is 0 Å². The third-order valence-electron chi connectivity index (χ3n) is 6.73. The smallest absolute Gasteiger partial charge is 0.253 e. The van der Waals surface area contributed by atoms with Gasteiger partial charge in [0, 0.05) is 52.6 Å². The Morgan fingerprint density at radius 3 is 2.55 bits per heavy atom. The van der Waals surface area contributed by atoms with Crippen molar-refractivity contribution in [3.05, 3.63) is 119 Å². The number of aromatic nitrogens is 2. The Kier molecular flexibility index (Phi) is 7.62. The highest BCUT2D eigenvalue weighted by Crippen LogP contribution is 2.38. The fourth-order valence-corrected chi connectivity index (χ4v) is 5.81. The lowest BCUT2D eigenvalue weighted by molar-refractivity contribution is -0.157. The predicted molar refractivity (Wildman–Crippen MR) is 147 cm³/mol. The van der Waals surface area contributed by atoms with E-state index in [0.717, 1.165) is 35.1 Å². The van der Waals surface area contributed by atoms with Crippen LogP contribution in [0, 0.1) is 0 Å². The van der Waals surface area contributed by atoms with Gasteiger partial charge in [-0.2, -0.15) is 11.8 Å². The van der Waals surface area contributed by atoms with Gasteiger partial charge in [0.25, 0.3) is 5.79 Å². The number of ketones is 1. The van der Waals surface area contributed by atoms with Crippen LogP contribution in [0.4, 0.5) is 0 Å². The highest BCUT2D eigenvalue weighted by atomic mass is 32.2. The molecule has 7 nitrogen and oxygen atoms in total. The van der Waals surface area contributed by atoms with Gasteiger partial charge < -0.3 is 20.1 Å². The van der Waals surface area contributed by atoms with Crippen LogP contribution in [0.1, 0.15) is 55.8 Å². The number of aliphatic hydroxyl groups is 1. The Bertz CT molecular complexity index is 1420. The predicted octanol–water partition coefficient (Wildman–Crippen LogP) is 4.86. The summed E-state index contributed by atoms with van der Waals surface area (Å²) < 4.78 is 8.25. The SMILES string of the molecule is NC(=O)c1ccc(CSCc2c(O[C@](O)(Cn3ccnc3)c3ccccc3)ccc3c2CCCC3=O)cc1. The van der Waals surface area contributed by atoms with Crippen LogP contribution in [0.3, 0.4) is 0 Å². The van der Waals surface area contributed by atoms with Crippen molar-refractivity contribution in [2.45, 2.75) is 43.1 Å². The lowest BCUT2D eigenvalue weighted by Crippen LogP contribution is -2.38. The molecule has 1 aliphatic carbocycles. The number of fused-ring (bicyclic) bond motifs is 1. The van der Waals surface area contributed by atoms with Crippen LogP contribution in [0.15, 0.2) is 85.5 Å². The molecule has 3 N–H and O–H groups in total. The molecule has 0 unspecified atom stereocenters. The zero-order chi connectivity index (χ0) is 26.5. The largest absolute Gasteiger partial charge is 0.456 e. The maximum atomic E-state index is 12.7. The van der Waals surface area contributed by atoms with Crippen molar-refractivity contribution in [1.82, 2.24) is 9.55 Å². The molecule has 38 heavy (non-hydrogen) atoms. The Morgan fingerprint density at radius 1 is 1.05 bits per heavy atom. The number of thioether (sulfide) groups is 1. The molecule has 0 bridgehead atoms. The first kappa shape index (κ1) is 25.8. The maximum absolute atomic E-state index is 12.7. The van der Waals surface area contributed by atoms with E-state index < -0.39 is 11.7 Å². The molecule has 1 atom stereocenters. The number of ether oxygens (including phenoxy) is 1. The lowest BCUT2D eigenvalue weighted by atomic mass is 9.87. The number of nitrogens with zero attached hydrogens (tertiary/aromatic N) is 2. The number of nitrogens with two attached hydrogens (primary N) is 1. The van der Waals surface area contributed by atoms with Crippen molar-refractivity contribution < 1.29 is 19.4 Å². The Hall–Kier alpha value is -3.88. The third-order valence-corrected chi connectivity index (χ3v) is 7.76. The maximum Gasteiger partial charge on any atom is 0.253 e. The normalized spacial score (nSPS) is 14.5. The summed E-state index contributed by atoms with van der Waals surface area (Å²) in [5, 5.41) is 11.9. The molecule has 1 aromatic heterocycles. The van der Waals surface area contributed by atoms with E-state index in [2.05, 4.69) is 4.98 Å². The number of hydrogen-bond acceptors (Lipinski definition) is 6. The van der Waals surface area contributed by atoms with Crippen LogP contribution >= 0.6 is 11.8 Å². The molecule has 1 amide bonds. The number of primary amides is 1. The minimum Gasteiger partial charge on any atom is -0.456 e. The van der Waals surface area contributed by atoms with Gasteiger partial charge in [-0.05, 0) is 48.2 Å². The second-order valence-corrected chi connectivity index (χ2v) is 10.4. The van der Waals surface area contributed by atoms with Crippen LogP contribution in [-0.4, -0.2) is 26.3 Å². The van der Waals surface area contributed by atoms with E-state index >= 15 is 0 Å². The van der Waals surface area contributed by atoms with Gasteiger partial charge in [-0.1, -0.05) is 42.5 Å². The minimum atomic E-state index is -1.65. The van der Waals surface area contributed by atoms with Gasteiger partial charge in [0.05, 0.1) is 12.9 Å². The molecule has 8 heteroatoms. The van der Waals surface area contributed by atoms with Crippen LogP contribution in [0.5, 0.6) is 5.75 Å². The molecule has 0 radical (unpaired) electrons. The molecule has 0 spiro atoms. The summed E-state index contributed by atoms with van der Waals surface area (Å²) in [5.41, 5.74) is 10.2. The summed E-state index contributed by atoms with van der Waals surface area (Å²) >= 11 is 1.68. The van der Waals surface area contributed by atoms with E-state index in [9.17, 15) is 14.7 Å². The van der Waals surface area contributed by atoms with Gasteiger partial charge in [-0.25, -0.2) is 4.98 Å². The molecular formula is C30H29N3O4S. The number of carbonyl (C=O) groups excluding carboxylic acids is 2. The van der Waals surface area contributed by atoms with Gasteiger partial charge in [0.2, 0.25) is 5.91 Å². The number of carbonyl (C=O) groups is 2. The standard InChI is InChI=1S/C30H29N3O4S/c31-29(35)22-11-9-21(10-12-22)17-38-18-26-24-7-4-8-27(34)25(24)13-14-28(26)37-30(36,19-33-16-15-32-20-33)23-5-2-1-3-6-23/h1-3,5-6,9-16,20,36H,4,7-8,17-19H2,(H2,31,35)/t30-/m1/s1. The average molecular weight is 528 g/mol. The quantitative estimate of drug-likeness (QED) is 0.285. The van der Waals surface area contributed by atoms with E-state index in [1.54, 1.807) is 53.2 Å². The number of hydrogen-bond donors (Lipinski definition) is 2. The highest BCUT2D eigenvalue weighted by Gasteiger charge is 2.34. The number of imidazole rings is 1. The van der Waals surface area contributed by atoms with Crippen molar-refractivity contribution in [3.63, 3.8) is 0 Å². The zero-order valence-electron chi connectivity index (χ0n) is 20.9. The van der Waals surface area contributed by atoms with Crippen molar-refractivity contribution in [2.75, 3.05) is 0 Å². The Labute approximate surface area is 225 Å². The van der Waals surface area contributed by atoms with Crippen LogP contribution < -0.4 is 10.5 Å². The van der Waals surface area contributed by atoms with Crippen LogP contribution in [0.2, 0.25) is 0 Å². The molecule has 4 aromatic rings. The van der Waals surface area contributed by atoms with Gasteiger partial charge in [-0.15, -0.1) is 0 Å². The van der Waals surface area contributed by atoms with Crippen molar-refractivity contribution in [1.29, 1.82) is 0 Å². The van der Waals surface area contributed by atoms with E-state index in [1.165, 1.54) is 0 Å². The van der Waals surface area contributed by atoms with Crippen molar-refractivity contribution >= 4 is 23.5 Å². The average Bonchev–Trinajstić information content (AvgIpc) is 3.43.